The summed E-state index contributed by atoms with van der Waals surface area (Å²) >= 11 is 12.0. The molecule has 0 radical (unpaired) electrons. The van der Waals surface area contributed by atoms with Crippen molar-refractivity contribution in [2.45, 2.75) is 12.8 Å². The van der Waals surface area contributed by atoms with Crippen molar-refractivity contribution in [3.05, 3.63) is 71.0 Å². The van der Waals surface area contributed by atoms with Gasteiger partial charge in [-0.05, 0) is 31.0 Å². The van der Waals surface area contributed by atoms with E-state index in [4.69, 9.17) is 23.2 Å². The third-order valence-corrected chi connectivity index (χ3v) is 5.76. The van der Waals surface area contributed by atoms with E-state index < -0.39 is 0 Å². The number of hydrogen-bond acceptors (Lipinski definition) is 4. The monoisotopic (exact) mass is 426 g/mol. The topological polar surface area (TPSA) is 58.1 Å². The first-order valence-corrected chi connectivity index (χ1v) is 10.2. The molecule has 3 aromatic rings. The van der Waals surface area contributed by atoms with Gasteiger partial charge in [-0.15, -0.1) is 0 Å². The third-order valence-electron chi connectivity index (χ3n) is 5.03. The van der Waals surface area contributed by atoms with Gasteiger partial charge in [-0.2, -0.15) is 0 Å². The molecule has 4 rings (SSSR count). The number of carbonyl (C=O) groups is 1. The molecule has 148 valence electrons. The molecule has 0 spiro atoms. The quantitative estimate of drug-likeness (QED) is 0.614. The fraction of sp³-hybridized carbons (Fsp3) is 0.227. The summed E-state index contributed by atoms with van der Waals surface area (Å²) < 4.78 is 0. The highest BCUT2D eigenvalue weighted by Crippen LogP contribution is 2.28. The molecule has 0 bridgehead atoms. The number of carbonyl (C=O) groups excluding carboxylic acids is 1. The molecule has 2 heterocycles. The largest absolute Gasteiger partial charge is 0.356 e. The summed E-state index contributed by atoms with van der Waals surface area (Å²) in [4.78, 5) is 23.8. The zero-order valence-electron chi connectivity index (χ0n) is 15.7. The minimum Gasteiger partial charge on any atom is -0.356 e. The fourth-order valence-electron chi connectivity index (χ4n) is 3.50. The van der Waals surface area contributed by atoms with E-state index in [9.17, 15) is 4.79 Å². The van der Waals surface area contributed by atoms with E-state index in [0.29, 0.717) is 22.3 Å². The molecular formula is C22H20Cl2N4O. The van der Waals surface area contributed by atoms with Crippen LogP contribution >= 0.6 is 23.2 Å². The lowest BCUT2D eigenvalue weighted by Gasteiger charge is -2.33. The van der Waals surface area contributed by atoms with Crippen molar-refractivity contribution in [2.75, 3.05) is 23.3 Å². The van der Waals surface area contributed by atoms with Crippen molar-refractivity contribution in [2.24, 2.45) is 5.92 Å². The molecule has 0 saturated carbocycles. The van der Waals surface area contributed by atoms with Gasteiger partial charge in [0.2, 0.25) is 5.91 Å². The zero-order valence-corrected chi connectivity index (χ0v) is 17.2. The van der Waals surface area contributed by atoms with E-state index in [2.05, 4.69) is 20.2 Å². The van der Waals surface area contributed by atoms with Crippen molar-refractivity contribution >= 4 is 40.6 Å². The van der Waals surface area contributed by atoms with Crippen LogP contribution in [0.3, 0.4) is 0 Å². The first-order chi connectivity index (χ1) is 14.1. The summed E-state index contributed by atoms with van der Waals surface area (Å²) in [5.74, 6) is 0.685. The van der Waals surface area contributed by atoms with Crippen molar-refractivity contribution in [1.82, 2.24) is 9.97 Å². The van der Waals surface area contributed by atoms with Crippen LogP contribution in [0.15, 0.2) is 60.9 Å². The van der Waals surface area contributed by atoms with Crippen LogP contribution in [0.1, 0.15) is 12.8 Å². The highest BCUT2D eigenvalue weighted by Gasteiger charge is 2.27. The number of rotatable bonds is 4. The van der Waals surface area contributed by atoms with Crippen LogP contribution in [0.4, 0.5) is 11.5 Å². The van der Waals surface area contributed by atoms with Gasteiger partial charge in [-0.1, -0.05) is 53.5 Å². The van der Waals surface area contributed by atoms with Crippen LogP contribution in [0.2, 0.25) is 10.0 Å². The van der Waals surface area contributed by atoms with Crippen LogP contribution in [0.5, 0.6) is 0 Å². The Hall–Kier alpha value is -2.63. The Balaban J connectivity index is 1.47. The Morgan fingerprint density at radius 3 is 2.66 bits per heavy atom. The number of piperidine rings is 1. The average molecular weight is 427 g/mol. The van der Waals surface area contributed by atoms with Crippen LogP contribution in [-0.4, -0.2) is 29.0 Å². The Kier molecular flexibility index (Phi) is 5.97. The van der Waals surface area contributed by atoms with E-state index in [1.807, 2.05) is 36.4 Å². The van der Waals surface area contributed by atoms with Gasteiger partial charge < -0.3 is 10.2 Å². The molecule has 0 aliphatic carbocycles. The molecule has 1 unspecified atom stereocenters. The van der Waals surface area contributed by atoms with Gasteiger partial charge in [0.05, 0.1) is 21.7 Å². The number of halogens is 2. The van der Waals surface area contributed by atoms with Crippen LogP contribution < -0.4 is 10.2 Å². The van der Waals surface area contributed by atoms with Crippen molar-refractivity contribution in [3.63, 3.8) is 0 Å². The number of hydrogen-bond donors (Lipinski definition) is 1. The van der Waals surface area contributed by atoms with Gasteiger partial charge in [0, 0.05) is 30.4 Å². The van der Waals surface area contributed by atoms with Gasteiger partial charge >= 0.3 is 0 Å². The Bertz CT molecular complexity index is 1010. The first-order valence-electron chi connectivity index (χ1n) is 9.48. The lowest BCUT2D eigenvalue weighted by atomic mass is 9.97. The van der Waals surface area contributed by atoms with Gasteiger partial charge in [0.25, 0.3) is 0 Å². The Morgan fingerprint density at radius 2 is 1.86 bits per heavy atom. The maximum Gasteiger partial charge on any atom is 0.229 e. The SMILES string of the molecule is O=C(Nc1ccc(Cl)c(Cl)c1)C1CCCN(c2cc(-c3ccccc3)ncn2)C1. The summed E-state index contributed by atoms with van der Waals surface area (Å²) in [7, 11) is 0. The molecule has 1 aliphatic heterocycles. The Labute approximate surface area is 179 Å². The molecule has 1 N–H and O–H groups in total. The van der Waals surface area contributed by atoms with Crippen LogP contribution in [0.25, 0.3) is 11.3 Å². The number of aromatic nitrogens is 2. The lowest BCUT2D eigenvalue weighted by Crippen LogP contribution is -2.41. The van der Waals surface area contributed by atoms with Crippen molar-refractivity contribution < 1.29 is 4.79 Å². The summed E-state index contributed by atoms with van der Waals surface area (Å²) in [6.45, 7) is 1.47. The van der Waals surface area contributed by atoms with Gasteiger partial charge in [0.1, 0.15) is 12.1 Å². The predicted octanol–water partition coefficient (Wildman–Crippen LogP) is 5.31. The average Bonchev–Trinajstić information content (AvgIpc) is 2.77. The maximum absolute atomic E-state index is 12.8. The second kappa shape index (κ2) is 8.80. The number of benzene rings is 2. The molecular weight excluding hydrogens is 407 g/mol. The van der Waals surface area contributed by atoms with E-state index in [1.165, 1.54) is 0 Å². The third kappa shape index (κ3) is 4.69. The molecule has 7 heteroatoms. The minimum absolute atomic E-state index is 0.0228. The van der Waals surface area contributed by atoms with Crippen LogP contribution in [-0.2, 0) is 4.79 Å². The predicted molar refractivity (Wildman–Crippen MR) is 117 cm³/mol. The maximum atomic E-state index is 12.8. The normalized spacial score (nSPS) is 16.5. The van der Waals surface area contributed by atoms with Gasteiger partial charge in [-0.3, -0.25) is 4.79 Å². The Morgan fingerprint density at radius 1 is 1.03 bits per heavy atom. The van der Waals surface area contributed by atoms with E-state index >= 15 is 0 Å². The second-order valence-corrected chi connectivity index (χ2v) is 7.85. The van der Waals surface area contributed by atoms with Crippen molar-refractivity contribution in [1.29, 1.82) is 0 Å². The summed E-state index contributed by atoms with van der Waals surface area (Å²) in [6.07, 6.45) is 3.33. The molecule has 1 amide bonds. The number of anilines is 2. The fourth-order valence-corrected chi connectivity index (χ4v) is 3.80. The van der Waals surface area contributed by atoms with Gasteiger partial charge in [0.15, 0.2) is 0 Å². The number of nitrogens with one attached hydrogen (secondary N) is 1. The van der Waals surface area contributed by atoms with Crippen molar-refractivity contribution in [3.8, 4) is 11.3 Å². The van der Waals surface area contributed by atoms with E-state index in [0.717, 1.165) is 36.5 Å². The molecule has 29 heavy (non-hydrogen) atoms. The lowest BCUT2D eigenvalue weighted by molar-refractivity contribution is -0.120. The highest BCUT2D eigenvalue weighted by molar-refractivity contribution is 6.42. The molecule has 1 saturated heterocycles. The summed E-state index contributed by atoms with van der Waals surface area (Å²) in [6, 6.07) is 17.1. The second-order valence-electron chi connectivity index (χ2n) is 7.03. The molecule has 2 aromatic carbocycles. The molecule has 1 fully saturated rings. The molecule has 1 aromatic heterocycles. The standard InChI is InChI=1S/C22H20Cl2N4O/c23-18-9-8-17(11-19(18)24)27-22(29)16-7-4-10-28(13-16)21-12-20(25-14-26-21)15-5-2-1-3-6-15/h1-3,5-6,8-9,11-12,14,16H,4,7,10,13H2,(H,27,29). The number of amides is 1. The minimum atomic E-state index is -0.131. The smallest absolute Gasteiger partial charge is 0.229 e. The highest BCUT2D eigenvalue weighted by atomic mass is 35.5. The van der Waals surface area contributed by atoms with Gasteiger partial charge in [-0.25, -0.2) is 9.97 Å². The summed E-state index contributed by atoms with van der Waals surface area (Å²) in [5.41, 5.74) is 2.56. The number of nitrogens with zero attached hydrogens (tertiary/aromatic N) is 3. The zero-order chi connectivity index (χ0) is 20.2. The first kappa shape index (κ1) is 19.7. The van der Waals surface area contributed by atoms with E-state index in [-0.39, 0.29) is 11.8 Å². The van der Waals surface area contributed by atoms with Crippen LogP contribution in [0, 0.1) is 5.92 Å². The summed E-state index contributed by atoms with van der Waals surface area (Å²) in [5, 5.41) is 3.83. The molecule has 1 atom stereocenters. The molecule has 5 nitrogen and oxygen atoms in total. The molecule has 1 aliphatic rings. The van der Waals surface area contributed by atoms with E-state index in [1.54, 1.807) is 24.5 Å².